The van der Waals surface area contributed by atoms with Crippen LogP contribution in [0.25, 0.3) is 0 Å². The SMILES string of the molecule is Cc1ccc(OC(F)F)c(C(=O)Cn2nc(C)c([N+](=O)[O-])c2C)c1. The number of carbonyl (C=O) groups excluding carboxylic acids is 1. The Morgan fingerprint density at radius 1 is 1.38 bits per heavy atom. The molecule has 0 saturated carbocycles. The summed E-state index contributed by atoms with van der Waals surface area (Å²) in [5.41, 5.74) is 0.898. The number of halogens is 2. The molecule has 0 aliphatic carbocycles. The lowest BCUT2D eigenvalue weighted by molar-refractivity contribution is -0.386. The fourth-order valence-corrected chi connectivity index (χ4v) is 2.39. The molecule has 0 N–H and O–H groups in total. The summed E-state index contributed by atoms with van der Waals surface area (Å²) in [6, 6.07) is 4.27. The predicted molar refractivity (Wildman–Crippen MR) is 80.5 cm³/mol. The molecule has 1 aromatic heterocycles. The zero-order chi connectivity index (χ0) is 18.0. The van der Waals surface area contributed by atoms with Gasteiger partial charge in [0.2, 0.25) is 0 Å². The van der Waals surface area contributed by atoms with Gasteiger partial charge in [0, 0.05) is 0 Å². The summed E-state index contributed by atoms with van der Waals surface area (Å²) in [6.07, 6.45) is 0. The molecule has 2 aromatic rings. The molecule has 0 radical (unpaired) electrons. The molecule has 0 fully saturated rings. The Morgan fingerprint density at radius 3 is 2.58 bits per heavy atom. The van der Waals surface area contributed by atoms with Gasteiger partial charge in [-0.15, -0.1) is 0 Å². The highest BCUT2D eigenvalue weighted by atomic mass is 19.3. The normalized spacial score (nSPS) is 10.9. The van der Waals surface area contributed by atoms with Gasteiger partial charge in [0.25, 0.3) is 0 Å². The van der Waals surface area contributed by atoms with E-state index in [2.05, 4.69) is 9.84 Å². The monoisotopic (exact) mass is 339 g/mol. The largest absolute Gasteiger partial charge is 0.434 e. The first-order chi connectivity index (χ1) is 11.2. The van der Waals surface area contributed by atoms with Crippen molar-refractivity contribution in [3.8, 4) is 5.75 Å². The average molecular weight is 339 g/mol. The van der Waals surface area contributed by atoms with Crippen molar-refractivity contribution in [3.63, 3.8) is 0 Å². The molecule has 1 aromatic carbocycles. The van der Waals surface area contributed by atoms with Crippen LogP contribution in [0.5, 0.6) is 5.75 Å². The van der Waals surface area contributed by atoms with Crippen molar-refractivity contribution in [2.45, 2.75) is 33.9 Å². The summed E-state index contributed by atoms with van der Waals surface area (Å²) >= 11 is 0. The van der Waals surface area contributed by atoms with Gasteiger partial charge in [-0.1, -0.05) is 11.6 Å². The minimum absolute atomic E-state index is 0.0227. The Labute approximate surface area is 136 Å². The fraction of sp³-hybridized carbons (Fsp3) is 0.333. The van der Waals surface area contributed by atoms with Crippen LogP contribution in [0.3, 0.4) is 0 Å². The molecular formula is C15H15F2N3O4. The van der Waals surface area contributed by atoms with Crippen LogP contribution in [0.1, 0.15) is 27.3 Å². The maximum Gasteiger partial charge on any atom is 0.387 e. The summed E-state index contributed by atoms with van der Waals surface area (Å²) < 4.78 is 30.5. The molecule has 0 aliphatic heterocycles. The molecule has 0 saturated heterocycles. The van der Waals surface area contributed by atoms with Crippen LogP contribution in [0.2, 0.25) is 0 Å². The molecule has 7 nitrogen and oxygen atoms in total. The number of aromatic nitrogens is 2. The summed E-state index contributed by atoms with van der Waals surface area (Å²) in [5, 5.41) is 15.0. The van der Waals surface area contributed by atoms with Crippen molar-refractivity contribution < 1.29 is 23.2 Å². The van der Waals surface area contributed by atoms with Crippen molar-refractivity contribution in [1.29, 1.82) is 0 Å². The summed E-state index contributed by atoms with van der Waals surface area (Å²) in [5.74, 6) is -0.772. The summed E-state index contributed by atoms with van der Waals surface area (Å²) in [4.78, 5) is 22.9. The fourth-order valence-electron chi connectivity index (χ4n) is 2.39. The van der Waals surface area contributed by atoms with Crippen molar-refractivity contribution in [3.05, 3.63) is 50.8 Å². The van der Waals surface area contributed by atoms with E-state index in [9.17, 15) is 23.7 Å². The van der Waals surface area contributed by atoms with Gasteiger partial charge in [0.1, 0.15) is 23.7 Å². The lowest BCUT2D eigenvalue weighted by Gasteiger charge is -2.11. The lowest BCUT2D eigenvalue weighted by atomic mass is 10.1. The number of nitrogens with zero attached hydrogens (tertiary/aromatic N) is 3. The molecule has 0 amide bonds. The second kappa shape index (κ2) is 6.73. The second-order valence-corrected chi connectivity index (χ2v) is 5.24. The Hall–Kier alpha value is -2.84. The first-order valence-electron chi connectivity index (χ1n) is 6.97. The molecule has 0 unspecified atom stereocenters. The maximum absolute atomic E-state index is 12.5. The Balaban J connectivity index is 2.36. The third kappa shape index (κ3) is 3.55. The molecule has 9 heteroatoms. The molecular weight excluding hydrogens is 324 g/mol. The molecule has 0 atom stereocenters. The lowest BCUT2D eigenvalue weighted by Crippen LogP contribution is -2.15. The van der Waals surface area contributed by atoms with Gasteiger partial charge in [0.05, 0.1) is 10.5 Å². The van der Waals surface area contributed by atoms with Crippen LogP contribution in [0.15, 0.2) is 18.2 Å². The smallest absolute Gasteiger partial charge is 0.387 e. The van der Waals surface area contributed by atoms with Gasteiger partial charge < -0.3 is 4.74 Å². The van der Waals surface area contributed by atoms with E-state index < -0.39 is 17.3 Å². The quantitative estimate of drug-likeness (QED) is 0.458. The van der Waals surface area contributed by atoms with E-state index in [1.807, 2.05) is 0 Å². The minimum atomic E-state index is -3.06. The highest BCUT2D eigenvalue weighted by molar-refractivity contribution is 5.98. The third-order valence-corrected chi connectivity index (χ3v) is 3.47. The number of ketones is 1. The predicted octanol–water partition coefficient (Wildman–Crippen LogP) is 3.20. The maximum atomic E-state index is 12.5. The highest BCUT2D eigenvalue weighted by Crippen LogP contribution is 2.25. The van der Waals surface area contributed by atoms with Crippen LogP contribution in [0, 0.1) is 30.9 Å². The van der Waals surface area contributed by atoms with Gasteiger partial charge in [-0.05, 0) is 32.9 Å². The molecule has 24 heavy (non-hydrogen) atoms. The Bertz CT molecular complexity index is 802. The van der Waals surface area contributed by atoms with Crippen LogP contribution in [-0.2, 0) is 6.54 Å². The number of hydrogen-bond donors (Lipinski definition) is 0. The van der Waals surface area contributed by atoms with Crippen LogP contribution < -0.4 is 4.74 Å². The molecule has 128 valence electrons. The number of Topliss-reactive ketones (excluding diaryl/α,β-unsaturated/α-hetero) is 1. The number of rotatable bonds is 6. The van der Waals surface area contributed by atoms with E-state index in [-0.39, 0.29) is 34.9 Å². The van der Waals surface area contributed by atoms with E-state index in [1.54, 1.807) is 13.0 Å². The van der Waals surface area contributed by atoms with E-state index >= 15 is 0 Å². The number of alkyl halides is 2. The Kier molecular flexibility index (Phi) is 4.91. The molecule has 0 spiro atoms. The summed E-state index contributed by atoms with van der Waals surface area (Å²) in [6.45, 7) is 1.26. The van der Waals surface area contributed by atoms with Gasteiger partial charge >= 0.3 is 12.3 Å². The van der Waals surface area contributed by atoms with Gasteiger partial charge in [-0.3, -0.25) is 19.6 Å². The van der Waals surface area contributed by atoms with E-state index in [0.29, 0.717) is 5.56 Å². The topological polar surface area (TPSA) is 87.3 Å². The van der Waals surface area contributed by atoms with E-state index in [4.69, 9.17) is 0 Å². The Morgan fingerprint density at radius 2 is 2.04 bits per heavy atom. The van der Waals surface area contributed by atoms with Crippen molar-refractivity contribution in [1.82, 2.24) is 9.78 Å². The number of ether oxygens (including phenoxy) is 1. The van der Waals surface area contributed by atoms with Crippen LogP contribution in [0.4, 0.5) is 14.5 Å². The average Bonchev–Trinajstić information content (AvgIpc) is 2.74. The number of benzene rings is 1. The second-order valence-electron chi connectivity index (χ2n) is 5.24. The van der Waals surface area contributed by atoms with Crippen LogP contribution in [-0.4, -0.2) is 27.1 Å². The molecule has 0 aliphatic rings. The zero-order valence-corrected chi connectivity index (χ0v) is 13.2. The molecule has 0 bridgehead atoms. The van der Waals surface area contributed by atoms with Gasteiger partial charge in [-0.25, -0.2) is 0 Å². The number of aryl methyl sites for hydroxylation is 2. The van der Waals surface area contributed by atoms with Gasteiger partial charge in [0.15, 0.2) is 5.78 Å². The first kappa shape index (κ1) is 17.5. The number of carbonyl (C=O) groups is 1. The van der Waals surface area contributed by atoms with Crippen molar-refractivity contribution >= 4 is 11.5 Å². The van der Waals surface area contributed by atoms with Crippen molar-refractivity contribution in [2.75, 3.05) is 0 Å². The summed E-state index contributed by atoms with van der Waals surface area (Å²) in [7, 11) is 0. The third-order valence-electron chi connectivity index (χ3n) is 3.47. The standard InChI is InChI=1S/C15H15F2N3O4/c1-8-4-5-13(24-15(16)17)11(6-8)12(21)7-19-10(3)14(20(22)23)9(2)18-19/h4-6,15H,7H2,1-3H3. The highest BCUT2D eigenvalue weighted by Gasteiger charge is 2.24. The minimum Gasteiger partial charge on any atom is -0.434 e. The molecule has 2 rings (SSSR count). The van der Waals surface area contributed by atoms with E-state index in [0.717, 1.165) is 0 Å². The first-order valence-corrected chi connectivity index (χ1v) is 6.97. The van der Waals surface area contributed by atoms with Gasteiger partial charge in [-0.2, -0.15) is 13.9 Å². The van der Waals surface area contributed by atoms with Crippen molar-refractivity contribution in [2.24, 2.45) is 0 Å². The molecule has 1 heterocycles. The zero-order valence-electron chi connectivity index (χ0n) is 13.2. The number of hydrogen-bond acceptors (Lipinski definition) is 5. The number of nitro groups is 1. The van der Waals surface area contributed by atoms with E-state index in [1.165, 1.54) is 30.7 Å². The van der Waals surface area contributed by atoms with Crippen LogP contribution >= 0.6 is 0 Å².